The van der Waals surface area contributed by atoms with Crippen LogP contribution in [0.25, 0.3) is 0 Å². The lowest BCUT2D eigenvalue weighted by Gasteiger charge is -2.24. The molecule has 0 amide bonds. The van der Waals surface area contributed by atoms with Crippen molar-refractivity contribution in [2.75, 3.05) is 18.0 Å². The van der Waals surface area contributed by atoms with E-state index >= 15 is 0 Å². The fraction of sp³-hybridized carbons (Fsp3) is 0.533. The first-order chi connectivity index (χ1) is 9.43. The van der Waals surface area contributed by atoms with Crippen molar-refractivity contribution in [3.05, 3.63) is 33.9 Å². The third kappa shape index (κ3) is 3.08. The van der Waals surface area contributed by atoms with Gasteiger partial charge in [-0.25, -0.2) is 0 Å². The Morgan fingerprint density at radius 1 is 1.35 bits per heavy atom. The predicted octanol–water partition coefficient (Wildman–Crippen LogP) is 3.48. The molecule has 0 aromatic heterocycles. The minimum absolute atomic E-state index is 0.0313. The number of nitrogens with zero attached hydrogens (tertiary/aromatic N) is 3. The average Bonchev–Trinajstić information content (AvgIpc) is 2.59. The zero-order chi connectivity index (χ0) is 14.8. The second-order valence-corrected chi connectivity index (χ2v) is 6.08. The van der Waals surface area contributed by atoms with Crippen LogP contribution < -0.4 is 4.90 Å². The number of anilines is 1. The molecule has 1 aromatic rings. The standard InChI is InChI=1S/C15H19N3O2/c1-15(2)6-3-8-17(9-7-15)13-5-4-12(11-16)10-14(13)18(19)20/h4-5,10H,3,6-9H2,1-2H3. The molecule has 2 rings (SSSR count). The smallest absolute Gasteiger partial charge is 0.293 e. The molecule has 1 aliphatic rings. The van der Waals surface area contributed by atoms with E-state index < -0.39 is 4.92 Å². The van der Waals surface area contributed by atoms with Crippen LogP contribution >= 0.6 is 0 Å². The lowest BCUT2D eigenvalue weighted by Crippen LogP contribution is -2.25. The van der Waals surface area contributed by atoms with Crippen LogP contribution in [-0.4, -0.2) is 18.0 Å². The molecule has 0 spiro atoms. The molecule has 1 fully saturated rings. The van der Waals surface area contributed by atoms with E-state index in [1.807, 2.05) is 6.07 Å². The number of benzene rings is 1. The number of rotatable bonds is 2. The highest BCUT2D eigenvalue weighted by molar-refractivity contribution is 5.65. The van der Waals surface area contributed by atoms with Gasteiger partial charge in [0, 0.05) is 19.2 Å². The molecule has 20 heavy (non-hydrogen) atoms. The van der Waals surface area contributed by atoms with Gasteiger partial charge in [0.2, 0.25) is 0 Å². The molecule has 5 nitrogen and oxygen atoms in total. The van der Waals surface area contributed by atoms with Crippen LogP contribution in [0.4, 0.5) is 11.4 Å². The number of hydrogen-bond acceptors (Lipinski definition) is 4. The minimum atomic E-state index is -0.397. The number of hydrogen-bond donors (Lipinski definition) is 0. The van der Waals surface area contributed by atoms with E-state index in [1.54, 1.807) is 12.1 Å². The van der Waals surface area contributed by atoms with Crippen LogP contribution in [-0.2, 0) is 0 Å². The lowest BCUT2D eigenvalue weighted by molar-refractivity contribution is -0.384. The summed E-state index contributed by atoms with van der Waals surface area (Å²) in [5, 5.41) is 20.1. The number of nitro benzene ring substituents is 1. The monoisotopic (exact) mass is 273 g/mol. The van der Waals surface area contributed by atoms with E-state index in [9.17, 15) is 10.1 Å². The normalized spacial score (nSPS) is 18.1. The molecule has 1 saturated heterocycles. The van der Waals surface area contributed by atoms with Crippen molar-refractivity contribution in [2.24, 2.45) is 5.41 Å². The first-order valence-corrected chi connectivity index (χ1v) is 6.86. The third-order valence-electron chi connectivity index (χ3n) is 3.98. The molecule has 1 heterocycles. The van der Waals surface area contributed by atoms with Gasteiger partial charge < -0.3 is 4.90 Å². The third-order valence-corrected chi connectivity index (χ3v) is 3.98. The first kappa shape index (κ1) is 14.3. The zero-order valence-corrected chi connectivity index (χ0v) is 11.9. The zero-order valence-electron chi connectivity index (χ0n) is 11.9. The highest BCUT2D eigenvalue weighted by atomic mass is 16.6. The molecule has 106 valence electrons. The van der Waals surface area contributed by atoms with Crippen LogP contribution in [0.15, 0.2) is 18.2 Å². The molecular weight excluding hydrogens is 254 g/mol. The van der Waals surface area contributed by atoms with Crippen LogP contribution in [0.1, 0.15) is 38.7 Å². The fourth-order valence-electron chi connectivity index (χ4n) is 2.67. The van der Waals surface area contributed by atoms with Crippen molar-refractivity contribution in [1.29, 1.82) is 5.26 Å². The van der Waals surface area contributed by atoms with E-state index in [-0.39, 0.29) is 11.1 Å². The van der Waals surface area contributed by atoms with Crippen molar-refractivity contribution in [1.82, 2.24) is 0 Å². The topological polar surface area (TPSA) is 70.2 Å². The van der Waals surface area contributed by atoms with Crippen LogP contribution in [0.5, 0.6) is 0 Å². The second-order valence-electron chi connectivity index (χ2n) is 6.08. The van der Waals surface area contributed by atoms with E-state index in [4.69, 9.17) is 5.26 Å². The first-order valence-electron chi connectivity index (χ1n) is 6.86. The molecule has 1 aliphatic heterocycles. The number of nitriles is 1. The summed E-state index contributed by atoms with van der Waals surface area (Å²) in [4.78, 5) is 12.9. The second kappa shape index (κ2) is 5.49. The molecule has 0 N–H and O–H groups in total. The van der Waals surface area contributed by atoms with Gasteiger partial charge in [-0.1, -0.05) is 13.8 Å². The van der Waals surface area contributed by atoms with Crippen molar-refractivity contribution < 1.29 is 4.92 Å². The minimum Gasteiger partial charge on any atom is -0.366 e. The summed E-state index contributed by atoms with van der Waals surface area (Å²) in [6.07, 6.45) is 3.18. The Bertz CT molecular complexity index is 561. The van der Waals surface area contributed by atoms with Crippen molar-refractivity contribution >= 4 is 11.4 Å². The van der Waals surface area contributed by atoms with Crippen molar-refractivity contribution in [3.63, 3.8) is 0 Å². The maximum Gasteiger partial charge on any atom is 0.293 e. The fourth-order valence-corrected chi connectivity index (χ4v) is 2.67. The summed E-state index contributed by atoms with van der Waals surface area (Å²) in [5.74, 6) is 0. The Morgan fingerprint density at radius 3 is 2.75 bits per heavy atom. The van der Waals surface area contributed by atoms with Gasteiger partial charge in [0.15, 0.2) is 0 Å². The summed E-state index contributed by atoms with van der Waals surface area (Å²) in [6, 6.07) is 6.68. The molecule has 0 bridgehead atoms. The van der Waals surface area contributed by atoms with Crippen LogP contribution in [0.2, 0.25) is 0 Å². The van der Waals surface area contributed by atoms with E-state index in [0.29, 0.717) is 11.3 Å². The summed E-state index contributed by atoms with van der Waals surface area (Å²) < 4.78 is 0. The Morgan fingerprint density at radius 2 is 2.10 bits per heavy atom. The Labute approximate surface area is 119 Å². The maximum atomic E-state index is 11.2. The molecule has 5 heteroatoms. The van der Waals surface area contributed by atoms with E-state index in [0.717, 1.165) is 32.4 Å². The van der Waals surface area contributed by atoms with Crippen LogP contribution in [0.3, 0.4) is 0 Å². The SMILES string of the molecule is CC1(C)CCCN(c2ccc(C#N)cc2[N+](=O)[O-])CC1. The van der Waals surface area contributed by atoms with Gasteiger partial charge in [-0.3, -0.25) is 10.1 Å². The molecule has 0 atom stereocenters. The van der Waals surface area contributed by atoms with Crippen molar-refractivity contribution in [3.8, 4) is 6.07 Å². The molecule has 1 aromatic carbocycles. The Balaban J connectivity index is 2.33. The van der Waals surface area contributed by atoms with Crippen molar-refractivity contribution in [2.45, 2.75) is 33.1 Å². The van der Waals surface area contributed by atoms with Gasteiger partial charge >= 0.3 is 0 Å². The van der Waals surface area contributed by atoms with Gasteiger partial charge in [-0.15, -0.1) is 0 Å². The molecular formula is C15H19N3O2. The summed E-state index contributed by atoms with van der Waals surface area (Å²) >= 11 is 0. The van der Waals surface area contributed by atoms with Gasteiger partial charge in [0.1, 0.15) is 5.69 Å². The highest BCUT2D eigenvalue weighted by Gasteiger charge is 2.26. The highest BCUT2D eigenvalue weighted by Crippen LogP contribution is 2.35. The average molecular weight is 273 g/mol. The quantitative estimate of drug-likeness (QED) is 0.611. The summed E-state index contributed by atoms with van der Waals surface area (Å²) in [6.45, 7) is 6.13. The molecule has 0 saturated carbocycles. The van der Waals surface area contributed by atoms with Gasteiger partial charge in [0.05, 0.1) is 16.6 Å². The molecule has 0 radical (unpaired) electrons. The lowest BCUT2D eigenvalue weighted by atomic mass is 9.85. The largest absolute Gasteiger partial charge is 0.366 e. The summed E-state index contributed by atoms with van der Waals surface area (Å²) in [5.41, 5.74) is 1.28. The predicted molar refractivity (Wildman–Crippen MR) is 77.7 cm³/mol. The summed E-state index contributed by atoms with van der Waals surface area (Å²) in [7, 11) is 0. The van der Waals surface area contributed by atoms with Crippen LogP contribution in [0, 0.1) is 26.9 Å². The van der Waals surface area contributed by atoms with Gasteiger partial charge in [-0.05, 0) is 36.8 Å². The number of nitro groups is 1. The van der Waals surface area contributed by atoms with Gasteiger partial charge in [-0.2, -0.15) is 5.26 Å². The Hall–Kier alpha value is -2.09. The van der Waals surface area contributed by atoms with E-state index in [1.165, 1.54) is 6.07 Å². The maximum absolute atomic E-state index is 11.2. The Kier molecular flexibility index (Phi) is 3.93. The molecule has 0 aliphatic carbocycles. The molecule has 0 unspecified atom stereocenters. The van der Waals surface area contributed by atoms with Gasteiger partial charge in [0.25, 0.3) is 5.69 Å². The van der Waals surface area contributed by atoms with E-state index in [2.05, 4.69) is 18.7 Å².